The summed E-state index contributed by atoms with van der Waals surface area (Å²) in [6.07, 6.45) is -4.61. The number of rotatable bonds is 7. The van der Waals surface area contributed by atoms with E-state index < -0.39 is 36.6 Å². The lowest BCUT2D eigenvalue weighted by Gasteiger charge is -2.14. The van der Waals surface area contributed by atoms with E-state index in [1.54, 1.807) is 6.07 Å². The Morgan fingerprint density at radius 1 is 1.00 bits per heavy atom. The first-order chi connectivity index (χ1) is 12.3. The molecule has 0 radical (unpaired) electrons. The van der Waals surface area contributed by atoms with Gasteiger partial charge in [0.25, 0.3) is 5.91 Å². The van der Waals surface area contributed by atoms with Gasteiger partial charge in [-0.2, -0.15) is 22.0 Å². The molecule has 140 valence electrons. The molecule has 0 saturated heterocycles. The van der Waals surface area contributed by atoms with E-state index in [9.17, 15) is 26.7 Å². The summed E-state index contributed by atoms with van der Waals surface area (Å²) in [6.45, 7) is -3.83. The lowest BCUT2D eigenvalue weighted by Crippen LogP contribution is -2.29. The van der Waals surface area contributed by atoms with Gasteiger partial charge in [0.2, 0.25) is 0 Å². The molecule has 0 aromatic heterocycles. The zero-order chi connectivity index (χ0) is 19.2. The second-order valence-corrected chi connectivity index (χ2v) is 5.05. The molecule has 0 spiro atoms. The second-order valence-electron chi connectivity index (χ2n) is 5.05. The number of ether oxygens (including phenoxy) is 2. The van der Waals surface area contributed by atoms with Crippen LogP contribution in [0.4, 0.5) is 22.0 Å². The van der Waals surface area contributed by atoms with Gasteiger partial charge in [0, 0.05) is 12.1 Å². The number of amides is 1. The number of hydrogen-bond donors (Lipinski definition) is 1. The molecule has 0 heterocycles. The van der Waals surface area contributed by atoms with Gasteiger partial charge in [0.1, 0.15) is 11.5 Å². The molecular weight excluding hydrogens is 361 g/mol. The largest absolute Gasteiger partial charge is 0.483 e. The number of alkyl halides is 5. The predicted molar refractivity (Wildman–Crippen MR) is 81.9 cm³/mol. The zero-order valence-electron chi connectivity index (χ0n) is 13.2. The topological polar surface area (TPSA) is 47.6 Å². The fraction of sp³-hybridized carbons (Fsp3) is 0.235. The van der Waals surface area contributed by atoms with Crippen molar-refractivity contribution in [1.29, 1.82) is 0 Å². The first-order valence-electron chi connectivity index (χ1n) is 7.36. The highest BCUT2D eigenvalue weighted by atomic mass is 19.4. The maximum absolute atomic E-state index is 12.8. The first kappa shape index (κ1) is 19.5. The molecule has 2 rings (SSSR count). The van der Waals surface area contributed by atoms with Crippen LogP contribution >= 0.6 is 0 Å². The van der Waals surface area contributed by atoms with Crippen molar-refractivity contribution in [3.8, 4) is 11.5 Å². The number of benzene rings is 2. The predicted octanol–water partition coefficient (Wildman–Crippen LogP) is 4.00. The standard InChI is InChI=1S/C17H14F5NO3/c18-16(19)26-13-7-3-1-5-11(13)9-23-15(24)10-25-14-8-4-2-6-12(14)17(20,21)22/h1-8,16H,9-10H2,(H,23,24). The summed E-state index contributed by atoms with van der Waals surface area (Å²) in [5, 5.41) is 2.37. The van der Waals surface area contributed by atoms with E-state index >= 15 is 0 Å². The smallest absolute Gasteiger partial charge is 0.419 e. The number of carbonyl (C=O) groups is 1. The van der Waals surface area contributed by atoms with Gasteiger partial charge < -0.3 is 14.8 Å². The quantitative estimate of drug-likeness (QED) is 0.744. The van der Waals surface area contributed by atoms with Crippen molar-refractivity contribution in [2.45, 2.75) is 19.3 Å². The van der Waals surface area contributed by atoms with E-state index in [1.165, 1.54) is 30.3 Å². The minimum Gasteiger partial charge on any atom is -0.483 e. The van der Waals surface area contributed by atoms with Gasteiger partial charge in [0.05, 0.1) is 5.56 Å². The maximum Gasteiger partial charge on any atom is 0.419 e. The van der Waals surface area contributed by atoms with Crippen LogP contribution in [0.5, 0.6) is 11.5 Å². The Morgan fingerprint density at radius 3 is 2.27 bits per heavy atom. The third kappa shape index (κ3) is 5.61. The minimum atomic E-state index is -4.61. The summed E-state index contributed by atoms with van der Waals surface area (Å²) in [4.78, 5) is 11.8. The lowest BCUT2D eigenvalue weighted by molar-refractivity contribution is -0.139. The summed E-state index contributed by atoms with van der Waals surface area (Å²) < 4.78 is 72.4. The summed E-state index contributed by atoms with van der Waals surface area (Å²) in [5.41, 5.74) is -0.708. The molecule has 9 heteroatoms. The Kier molecular flexibility index (Phi) is 6.37. The number of para-hydroxylation sites is 2. The van der Waals surface area contributed by atoms with Crippen LogP contribution in [-0.2, 0) is 17.5 Å². The molecule has 2 aromatic rings. The SMILES string of the molecule is O=C(COc1ccccc1C(F)(F)F)NCc1ccccc1OC(F)F. The van der Waals surface area contributed by atoms with Gasteiger partial charge in [-0.15, -0.1) is 0 Å². The molecule has 0 fully saturated rings. The Labute approximate surface area is 145 Å². The average molecular weight is 375 g/mol. The van der Waals surface area contributed by atoms with Crippen molar-refractivity contribution >= 4 is 5.91 Å². The van der Waals surface area contributed by atoms with Crippen molar-refractivity contribution in [3.05, 3.63) is 59.7 Å². The molecule has 0 saturated carbocycles. The van der Waals surface area contributed by atoms with Gasteiger partial charge >= 0.3 is 12.8 Å². The number of carbonyl (C=O) groups excluding carboxylic acids is 1. The number of hydrogen-bond acceptors (Lipinski definition) is 3. The molecule has 4 nitrogen and oxygen atoms in total. The molecule has 1 amide bonds. The Balaban J connectivity index is 1.93. The van der Waals surface area contributed by atoms with Gasteiger partial charge in [-0.05, 0) is 18.2 Å². The molecule has 2 aromatic carbocycles. The molecule has 0 bridgehead atoms. The van der Waals surface area contributed by atoms with Crippen LogP contribution in [0.3, 0.4) is 0 Å². The van der Waals surface area contributed by atoms with Crippen LogP contribution in [0.1, 0.15) is 11.1 Å². The maximum atomic E-state index is 12.8. The van der Waals surface area contributed by atoms with E-state index in [4.69, 9.17) is 4.74 Å². The fourth-order valence-corrected chi connectivity index (χ4v) is 2.08. The van der Waals surface area contributed by atoms with Crippen molar-refractivity contribution in [2.75, 3.05) is 6.61 Å². The molecular formula is C17H14F5NO3. The van der Waals surface area contributed by atoms with Gasteiger partial charge in [0.15, 0.2) is 6.61 Å². The van der Waals surface area contributed by atoms with Crippen LogP contribution < -0.4 is 14.8 Å². The van der Waals surface area contributed by atoms with Gasteiger partial charge in [-0.1, -0.05) is 30.3 Å². The monoisotopic (exact) mass is 375 g/mol. The third-order valence-electron chi connectivity index (χ3n) is 3.22. The van der Waals surface area contributed by atoms with Gasteiger partial charge in [-0.25, -0.2) is 0 Å². The molecule has 0 aliphatic carbocycles. The summed E-state index contributed by atoms with van der Waals surface area (Å²) in [7, 11) is 0. The Morgan fingerprint density at radius 2 is 1.62 bits per heavy atom. The Hall–Kier alpha value is -2.84. The van der Waals surface area contributed by atoms with E-state index in [-0.39, 0.29) is 17.9 Å². The summed E-state index contributed by atoms with van der Waals surface area (Å²) in [6, 6.07) is 10.3. The molecule has 0 aliphatic rings. The highest BCUT2D eigenvalue weighted by Crippen LogP contribution is 2.35. The fourth-order valence-electron chi connectivity index (χ4n) is 2.08. The molecule has 0 aliphatic heterocycles. The normalized spacial score (nSPS) is 11.3. The molecule has 1 N–H and O–H groups in total. The lowest BCUT2D eigenvalue weighted by atomic mass is 10.2. The Bertz CT molecular complexity index is 749. The average Bonchev–Trinajstić information content (AvgIpc) is 2.58. The highest BCUT2D eigenvalue weighted by Gasteiger charge is 2.34. The van der Waals surface area contributed by atoms with Crippen molar-refractivity contribution in [2.24, 2.45) is 0 Å². The molecule has 0 atom stereocenters. The summed E-state index contributed by atoms with van der Waals surface area (Å²) in [5.74, 6) is -1.29. The second kappa shape index (κ2) is 8.50. The van der Waals surface area contributed by atoms with E-state index in [0.29, 0.717) is 0 Å². The molecule has 26 heavy (non-hydrogen) atoms. The van der Waals surface area contributed by atoms with Gasteiger partial charge in [-0.3, -0.25) is 4.79 Å². The van der Waals surface area contributed by atoms with Crippen LogP contribution in [0, 0.1) is 0 Å². The van der Waals surface area contributed by atoms with Crippen LogP contribution in [-0.4, -0.2) is 19.1 Å². The van der Waals surface area contributed by atoms with E-state index in [2.05, 4.69) is 10.1 Å². The third-order valence-corrected chi connectivity index (χ3v) is 3.22. The zero-order valence-corrected chi connectivity index (χ0v) is 13.2. The summed E-state index contributed by atoms with van der Waals surface area (Å²) >= 11 is 0. The number of halogens is 5. The van der Waals surface area contributed by atoms with Crippen LogP contribution in [0.2, 0.25) is 0 Å². The molecule has 0 unspecified atom stereocenters. The van der Waals surface area contributed by atoms with Crippen LogP contribution in [0.25, 0.3) is 0 Å². The number of nitrogens with one attached hydrogen (secondary N) is 1. The van der Waals surface area contributed by atoms with Crippen LogP contribution in [0.15, 0.2) is 48.5 Å². The first-order valence-corrected chi connectivity index (χ1v) is 7.36. The van der Waals surface area contributed by atoms with E-state index in [1.807, 2.05) is 0 Å². The van der Waals surface area contributed by atoms with Crippen molar-refractivity contribution in [3.63, 3.8) is 0 Å². The highest BCUT2D eigenvalue weighted by molar-refractivity contribution is 5.77. The van der Waals surface area contributed by atoms with Crippen molar-refractivity contribution < 1.29 is 36.2 Å². The van der Waals surface area contributed by atoms with Crippen molar-refractivity contribution in [1.82, 2.24) is 5.32 Å². The minimum absolute atomic E-state index is 0.105. The van der Waals surface area contributed by atoms with E-state index in [0.717, 1.165) is 12.1 Å².